The zero-order valence-electron chi connectivity index (χ0n) is 17.7. The second kappa shape index (κ2) is 9.85. The van der Waals surface area contributed by atoms with Gasteiger partial charge in [-0.05, 0) is 36.6 Å². The Morgan fingerprint density at radius 2 is 2.06 bits per heavy atom. The van der Waals surface area contributed by atoms with Crippen LogP contribution in [0.1, 0.15) is 51.9 Å². The van der Waals surface area contributed by atoms with Gasteiger partial charge in [-0.3, -0.25) is 0 Å². The van der Waals surface area contributed by atoms with Crippen LogP contribution in [0.25, 0.3) is 27.7 Å². The van der Waals surface area contributed by atoms with E-state index in [0.717, 1.165) is 33.6 Å². The second-order valence-corrected chi connectivity index (χ2v) is 7.93. The van der Waals surface area contributed by atoms with Crippen LogP contribution < -0.4 is 5.32 Å². The highest BCUT2D eigenvalue weighted by molar-refractivity contribution is 5.94. The van der Waals surface area contributed by atoms with E-state index >= 15 is 0 Å². The molecule has 0 amide bonds. The van der Waals surface area contributed by atoms with Gasteiger partial charge >= 0.3 is 0 Å². The normalized spacial score (nSPS) is 14.7. The third kappa shape index (κ3) is 5.18. The lowest BCUT2D eigenvalue weighted by Gasteiger charge is -2.22. The lowest BCUT2D eigenvalue weighted by atomic mass is 9.96. The second-order valence-electron chi connectivity index (χ2n) is 7.93. The Bertz CT molecular complexity index is 1110. The van der Waals surface area contributed by atoms with E-state index in [-0.39, 0.29) is 6.42 Å². The topological polar surface area (TPSA) is 70.9 Å². The lowest BCUT2D eigenvalue weighted by Crippen LogP contribution is -2.23. The number of aromatic amines is 1. The van der Waals surface area contributed by atoms with Gasteiger partial charge in [0.1, 0.15) is 5.65 Å². The molecule has 4 aromatic rings. The number of H-pyrrole nitrogens is 1. The number of hydrogen-bond acceptors (Lipinski definition) is 4. The van der Waals surface area contributed by atoms with Gasteiger partial charge in [0.15, 0.2) is 0 Å². The molecule has 0 radical (unpaired) electrons. The Kier molecular flexibility index (Phi) is 6.74. The standard InChI is InChI=1S/C19H20N6.C4H8F2/c1-2-4-14(5-3-1)23-19-21-12-17-16(11-20-18(17)24-19)13-7-9-25-15(10-13)6-8-22-25;1-2-3-4(5)6/h6-12,14H,1-5H2,(H2,20,21,23,24);4H,2-3H2,1H3. The van der Waals surface area contributed by atoms with Crippen molar-refractivity contribution in [3.63, 3.8) is 0 Å². The van der Waals surface area contributed by atoms with Crippen molar-refractivity contribution in [1.82, 2.24) is 24.6 Å². The molecule has 0 bridgehead atoms. The zero-order valence-corrected chi connectivity index (χ0v) is 17.7. The summed E-state index contributed by atoms with van der Waals surface area (Å²) in [5, 5.41) is 8.78. The third-order valence-electron chi connectivity index (χ3n) is 5.59. The van der Waals surface area contributed by atoms with E-state index in [1.54, 1.807) is 13.1 Å². The number of halogens is 2. The van der Waals surface area contributed by atoms with Crippen molar-refractivity contribution in [2.24, 2.45) is 0 Å². The number of alkyl halides is 2. The summed E-state index contributed by atoms with van der Waals surface area (Å²) < 4.78 is 23.9. The third-order valence-corrected chi connectivity index (χ3v) is 5.59. The quantitative estimate of drug-likeness (QED) is 0.406. The van der Waals surface area contributed by atoms with Crippen molar-refractivity contribution in [3.8, 4) is 11.1 Å². The van der Waals surface area contributed by atoms with Gasteiger partial charge in [0.2, 0.25) is 12.4 Å². The maximum Gasteiger partial charge on any atom is 0.238 e. The number of fused-ring (bicyclic) bond motifs is 2. The minimum atomic E-state index is -2.10. The molecule has 164 valence electrons. The molecule has 1 fully saturated rings. The van der Waals surface area contributed by atoms with Gasteiger partial charge in [0.25, 0.3) is 0 Å². The Morgan fingerprint density at radius 3 is 2.81 bits per heavy atom. The number of pyridine rings is 1. The highest BCUT2D eigenvalue weighted by Crippen LogP contribution is 2.29. The average molecular weight is 427 g/mol. The van der Waals surface area contributed by atoms with E-state index in [4.69, 9.17) is 0 Å². The molecular weight excluding hydrogens is 398 g/mol. The van der Waals surface area contributed by atoms with Crippen molar-refractivity contribution in [3.05, 3.63) is 43.0 Å². The summed E-state index contributed by atoms with van der Waals surface area (Å²) >= 11 is 0. The molecule has 0 atom stereocenters. The largest absolute Gasteiger partial charge is 0.351 e. The van der Waals surface area contributed by atoms with E-state index < -0.39 is 6.43 Å². The van der Waals surface area contributed by atoms with Crippen LogP contribution in [0.3, 0.4) is 0 Å². The first kappa shape index (κ1) is 21.2. The molecule has 0 aliphatic heterocycles. The first-order valence-corrected chi connectivity index (χ1v) is 11.0. The van der Waals surface area contributed by atoms with Gasteiger partial charge in [0.05, 0.1) is 5.52 Å². The lowest BCUT2D eigenvalue weighted by molar-refractivity contribution is 0.137. The monoisotopic (exact) mass is 426 g/mol. The molecule has 31 heavy (non-hydrogen) atoms. The zero-order chi connectivity index (χ0) is 21.6. The van der Waals surface area contributed by atoms with E-state index in [1.807, 2.05) is 29.2 Å². The molecule has 8 heteroatoms. The van der Waals surface area contributed by atoms with Crippen LogP contribution >= 0.6 is 0 Å². The molecule has 0 saturated heterocycles. The van der Waals surface area contributed by atoms with Crippen molar-refractivity contribution < 1.29 is 8.78 Å². The minimum Gasteiger partial charge on any atom is -0.351 e. The highest BCUT2D eigenvalue weighted by Gasteiger charge is 2.15. The minimum absolute atomic E-state index is 0.0417. The van der Waals surface area contributed by atoms with Gasteiger partial charge in [-0.2, -0.15) is 10.1 Å². The molecule has 2 N–H and O–H groups in total. The van der Waals surface area contributed by atoms with Gasteiger partial charge in [-0.25, -0.2) is 18.3 Å². The van der Waals surface area contributed by atoms with Crippen molar-refractivity contribution in [1.29, 1.82) is 0 Å². The molecule has 1 aliphatic rings. The first-order valence-electron chi connectivity index (χ1n) is 11.0. The summed E-state index contributed by atoms with van der Waals surface area (Å²) in [5.74, 6) is 0.721. The molecule has 1 aliphatic carbocycles. The molecular formula is C23H28F2N6. The SMILES string of the molecule is CCCC(F)F.c1cc2cc(-c3c[nH]c4nc(NC5CCCCC5)ncc34)ccn2n1. The van der Waals surface area contributed by atoms with Crippen LogP contribution in [0, 0.1) is 0 Å². The fourth-order valence-electron chi connectivity index (χ4n) is 3.95. The van der Waals surface area contributed by atoms with Crippen molar-refractivity contribution in [2.45, 2.75) is 64.3 Å². The van der Waals surface area contributed by atoms with Crippen LogP contribution in [0.4, 0.5) is 14.7 Å². The Balaban J connectivity index is 0.000000342. The maximum absolute atomic E-state index is 11.0. The Morgan fingerprint density at radius 1 is 1.23 bits per heavy atom. The van der Waals surface area contributed by atoms with E-state index in [1.165, 1.54) is 32.1 Å². The highest BCUT2D eigenvalue weighted by atomic mass is 19.3. The van der Waals surface area contributed by atoms with E-state index in [0.29, 0.717) is 12.5 Å². The summed E-state index contributed by atoms with van der Waals surface area (Å²) in [4.78, 5) is 12.5. The van der Waals surface area contributed by atoms with Crippen LogP contribution in [-0.4, -0.2) is 37.0 Å². The summed E-state index contributed by atoms with van der Waals surface area (Å²) in [5.41, 5.74) is 4.19. The van der Waals surface area contributed by atoms with Gasteiger partial charge in [-0.1, -0.05) is 32.6 Å². The molecule has 0 spiro atoms. The number of nitrogens with zero attached hydrogens (tertiary/aromatic N) is 4. The van der Waals surface area contributed by atoms with Crippen LogP contribution in [-0.2, 0) is 0 Å². The number of anilines is 1. The molecule has 5 rings (SSSR count). The average Bonchev–Trinajstić information content (AvgIpc) is 3.41. The Labute approximate surface area is 180 Å². The van der Waals surface area contributed by atoms with Crippen molar-refractivity contribution >= 4 is 22.5 Å². The fraction of sp³-hybridized carbons (Fsp3) is 0.435. The summed E-state index contributed by atoms with van der Waals surface area (Å²) in [6.45, 7) is 1.74. The maximum atomic E-state index is 11.0. The number of rotatable bonds is 5. The molecule has 6 nitrogen and oxygen atoms in total. The van der Waals surface area contributed by atoms with Crippen LogP contribution in [0.2, 0.25) is 0 Å². The Hall–Kier alpha value is -3.03. The van der Waals surface area contributed by atoms with Gasteiger partial charge in [-0.15, -0.1) is 0 Å². The molecule has 1 saturated carbocycles. The predicted molar refractivity (Wildman–Crippen MR) is 119 cm³/mol. The van der Waals surface area contributed by atoms with Crippen LogP contribution in [0.5, 0.6) is 0 Å². The molecule has 4 heterocycles. The first-order chi connectivity index (χ1) is 15.1. The van der Waals surface area contributed by atoms with Gasteiger partial charge in [0, 0.05) is 48.2 Å². The van der Waals surface area contributed by atoms with Gasteiger partial charge < -0.3 is 10.3 Å². The molecule has 0 aromatic carbocycles. The van der Waals surface area contributed by atoms with Crippen LogP contribution in [0.15, 0.2) is 43.0 Å². The fourth-order valence-corrected chi connectivity index (χ4v) is 3.95. The van der Waals surface area contributed by atoms with E-state index in [2.05, 4.69) is 37.5 Å². The van der Waals surface area contributed by atoms with Crippen molar-refractivity contribution in [2.75, 3.05) is 5.32 Å². The number of nitrogens with one attached hydrogen (secondary N) is 2. The summed E-state index contributed by atoms with van der Waals surface area (Å²) in [7, 11) is 0. The molecule has 4 aromatic heterocycles. The molecule has 0 unspecified atom stereocenters. The predicted octanol–water partition coefficient (Wildman–Crippen LogP) is 6.07. The van der Waals surface area contributed by atoms with E-state index in [9.17, 15) is 8.78 Å². The number of aromatic nitrogens is 5. The summed E-state index contributed by atoms with van der Waals surface area (Å²) in [6, 6.07) is 6.70. The number of hydrogen-bond donors (Lipinski definition) is 2. The summed E-state index contributed by atoms with van der Waals surface area (Å²) in [6.07, 6.45) is 12.6. The smallest absolute Gasteiger partial charge is 0.238 e.